The fourth-order valence-electron chi connectivity index (χ4n) is 2.06. The fourth-order valence-corrected chi connectivity index (χ4v) is 2.06. The Kier molecular flexibility index (Phi) is 4.85. The number of aliphatic carboxylic acids is 1. The van der Waals surface area contributed by atoms with Gasteiger partial charge in [-0.3, -0.25) is 0 Å². The van der Waals surface area contributed by atoms with E-state index in [0.717, 1.165) is 0 Å². The molecule has 6 heteroatoms. The third kappa shape index (κ3) is 3.60. The zero-order valence-corrected chi connectivity index (χ0v) is 12.5. The normalized spacial score (nSPS) is 11.2. The van der Waals surface area contributed by atoms with Crippen molar-refractivity contribution in [3.8, 4) is 17.2 Å². The number of phenolic OH excluding ortho intramolecular Hbond substituents is 1. The second-order valence-corrected chi connectivity index (χ2v) is 4.64. The minimum Gasteiger partial charge on any atom is -0.502 e. The standard InChI is InChI=1S/C17H15FO5/c1-22-14-8-10(9-15(23-2)16(14)19)7-13(17(20)21)11-3-5-12(18)6-4-11/h3-9,19H,1-2H3,(H,20,21)/b13-7-. The highest BCUT2D eigenvalue weighted by molar-refractivity contribution is 6.20. The molecule has 0 unspecified atom stereocenters. The van der Waals surface area contributed by atoms with Crippen molar-refractivity contribution < 1.29 is 28.9 Å². The minimum atomic E-state index is -1.16. The van der Waals surface area contributed by atoms with Gasteiger partial charge in [-0.1, -0.05) is 12.1 Å². The number of aromatic hydroxyl groups is 1. The third-order valence-electron chi connectivity index (χ3n) is 3.20. The maximum Gasteiger partial charge on any atom is 0.336 e. The molecule has 0 amide bonds. The summed E-state index contributed by atoms with van der Waals surface area (Å²) >= 11 is 0. The summed E-state index contributed by atoms with van der Waals surface area (Å²) in [5.74, 6) is -1.49. The van der Waals surface area contributed by atoms with Gasteiger partial charge in [0.05, 0.1) is 19.8 Å². The molecule has 2 aromatic rings. The molecule has 0 atom stereocenters. The molecular formula is C17H15FO5. The summed E-state index contributed by atoms with van der Waals surface area (Å²) in [6.45, 7) is 0. The molecule has 0 aliphatic carbocycles. The molecule has 2 N–H and O–H groups in total. The van der Waals surface area contributed by atoms with Gasteiger partial charge in [0.2, 0.25) is 5.75 Å². The first-order valence-corrected chi connectivity index (χ1v) is 6.62. The van der Waals surface area contributed by atoms with Crippen LogP contribution in [0, 0.1) is 5.82 Å². The van der Waals surface area contributed by atoms with Crippen molar-refractivity contribution in [3.63, 3.8) is 0 Å². The van der Waals surface area contributed by atoms with Gasteiger partial charge in [-0.2, -0.15) is 0 Å². The van der Waals surface area contributed by atoms with Crippen molar-refractivity contribution in [2.24, 2.45) is 0 Å². The van der Waals surface area contributed by atoms with Gasteiger partial charge >= 0.3 is 5.97 Å². The van der Waals surface area contributed by atoms with Crippen molar-refractivity contribution in [1.82, 2.24) is 0 Å². The molecule has 0 spiro atoms. The highest BCUT2D eigenvalue weighted by atomic mass is 19.1. The lowest BCUT2D eigenvalue weighted by atomic mass is 10.0. The van der Waals surface area contributed by atoms with Crippen LogP contribution in [0.15, 0.2) is 36.4 Å². The summed E-state index contributed by atoms with van der Waals surface area (Å²) in [4.78, 5) is 11.5. The van der Waals surface area contributed by atoms with Crippen LogP contribution in [0.1, 0.15) is 11.1 Å². The highest BCUT2D eigenvalue weighted by Crippen LogP contribution is 2.38. The Labute approximate surface area is 132 Å². The molecule has 5 nitrogen and oxygen atoms in total. The molecule has 0 saturated heterocycles. The van der Waals surface area contributed by atoms with Crippen LogP contribution in [0.5, 0.6) is 17.2 Å². The molecule has 2 aromatic carbocycles. The Morgan fingerprint density at radius 3 is 2.04 bits per heavy atom. The number of hydrogen-bond acceptors (Lipinski definition) is 4. The van der Waals surface area contributed by atoms with E-state index in [1.807, 2.05) is 0 Å². The van der Waals surface area contributed by atoms with Gasteiger partial charge in [-0.15, -0.1) is 0 Å². The van der Waals surface area contributed by atoms with Crippen LogP contribution in [-0.4, -0.2) is 30.4 Å². The topological polar surface area (TPSA) is 76.0 Å². The molecule has 120 valence electrons. The van der Waals surface area contributed by atoms with Crippen molar-refractivity contribution in [3.05, 3.63) is 53.3 Å². The summed E-state index contributed by atoms with van der Waals surface area (Å²) in [5.41, 5.74) is 0.780. The second-order valence-electron chi connectivity index (χ2n) is 4.64. The van der Waals surface area contributed by atoms with E-state index >= 15 is 0 Å². The fraction of sp³-hybridized carbons (Fsp3) is 0.118. The molecule has 0 bridgehead atoms. The number of halogens is 1. The Balaban J connectivity index is 2.56. The molecule has 0 aliphatic heterocycles. The summed E-state index contributed by atoms with van der Waals surface area (Å²) < 4.78 is 23.1. The Hall–Kier alpha value is -3.02. The lowest BCUT2D eigenvalue weighted by Gasteiger charge is -2.10. The van der Waals surface area contributed by atoms with E-state index in [1.54, 1.807) is 0 Å². The number of rotatable bonds is 5. The minimum absolute atomic E-state index is 0.0280. The zero-order valence-electron chi connectivity index (χ0n) is 12.5. The number of phenols is 1. The zero-order chi connectivity index (χ0) is 17.0. The number of carboxylic acids is 1. The number of hydrogen-bond donors (Lipinski definition) is 2. The van der Waals surface area contributed by atoms with Crippen molar-refractivity contribution in [1.29, 1.82) is 0 Å². The molecule has 0 saturated carbocycles. The van der Waals surface area contributed by atoms with Gasteiger partial charge in [-0.25, -0.2) is 9.18 Å². The smallest absolute Gasteiger partial charge is 0.336 e. The lowest BCUT2D eigenvalue weighted by molar-refractivity contribution is -0.130. The molecule has 0 fully saturated rings. The summed E-state index contributed by atoms with van der Waals surface area (Å²) in [6.07, 6.45) is 1.39. The molecule has 2 rings (SSSR count). The molecule has 0 radical (unpaired) electrons. The average Bonchev–Trinajstić information content (AvgIpc) is 2.54. The van der Waals surface area contributed by atoms with E-state index in [4.69, 9.17) is 9.47 Å². The predicted octanol–water partition coefficient (Wildman–Crippen LogP) is 3.17. The van der Waals surface area contributed by atoms with Crippen LogP contribution >= 0.6 is 0 Å². The van der Waals surface area contributed by atoms with Crippen LogP contribution < -0.4 is 9.47 Å². The second kappa shape index (κ2) is 6.83. The van der Waals surface area contributed by atoms with E-state index < -0.39 is 11.8 Å². The molecule has 23 heavy (non-hydrogen) atoms. The van der Waals surface area contributed by atoms with Crippen molar-refractivity contribution in [2.45, 2.75) is 0 Å². The number of carbonyl (C=O) groups is 1. The van der Waals surface area contributed by atoms with E-state index in [-0.39, 0.29) is 22.8 Å². The van der Waals surface area contributed by atoms with Gasteiger partial charge in [0.25, 0.3) is 0 Å². The van der Waals surface area contributed by atoms with E-state index in [0.29, 0.717) is 11.1 Å². The Morgan fingerprint density at radius 1 is 1.09 bits per heavy atom. The lowest BCUT2D eigenvalue weighted by Crippen LogP contribution is -2.00. The Morgan fingerprint density at radius 2 is 1.61 bits per heavy atom. The molecule has 0 aromatic heterocycles. The van der Waals surface area contributed by atoms with E-state index in [9.17, 15) is 19.4 Å². The van der Waals surface area contributed by atoms with Gasteiger partial charge in [0.15, 0.2) is 11.5 Å². The Bertz CT molecular complexity index is 725. The number of carboxylic acid groups (broad SMARTS) is 1. The maximum atomic E-state index is 13.0. The quantitative estimate of drug-likeness (QED) is 0.654. The monoisotopic (exact) mass is 318 g/mol. The van der Waals surface area contributed by atoms with Crippen LogP contribution in [0.3, 0.4) is 0 Å². The van der Waals surface area contributed by atoms with Gasteiger partial charge in [0.1, 0.15) is 5.82 Å². The predicted molar refractivity (Wildman–Crippen MR) is 83.1 cm³/mol. The van der Waals surface area contributed by atoms with Gasteiger partial charge in [-0.05, 0) is 41.5 Å². The largest absolute Gasteiger partial charge is 0.502 e. The SMILES string of the molecule is COc1cc(/C=C(\C(=O)O)c2ccc(F)cc2)cc(OC)c1O. The van der Waals surface area contributed by atoms with Crippen LogP contribution in [-0.2, 0) is 4.79 Å². The molecule has 0 aliphatic rings. The van der Waals surface area contributed by atoms with Gasteiger partial charge < -0.3 is 19.7 Å². The average molecular weight is 318 g/mol. The summed E-state index contributed by atoms with van der Waals surface area (Å²) in [6, 6.07) is 8.08. The number of ether oxygens (including phenoxy) is 2. The first kappa shape index (κ1) is 16.4. The van der Waals surface area contributed by atoms with E-state index in [2.05, 4.69) is 0 Å². The van der Waals surface area contributed by atoms with Crippen LogP contribution in [0.25, 0.3) is 11.6 Å². The third-order valence-corrected chi connectivity index (χ3v) is 3.20. The van der Waals surface area contributed by atoms with E-state index in [1.165, 1.54) is 56.7 Å². The van der Waals surface area contributed by atoms with Crippen molar-refractivity contribution >= 4 is 17.6 Å². The molecule has 0 heterocycles. The maximum absolute atomic E-state index is 13.0. The number of benzene rings is 2. The number of methoxy groups -OCH3 is 2. The first-order valence-electron chi connectivity index (χ1n) is 6.62. The summed E-state index contributed by atoms with van der Waals surface area (Å²) in [5, 5.41) is 19.3. The first-order chi connectivity index (χ1) is 11.0. The van der Waals surface area contributed by atoms with Crippen molar-refractivity contribution in [2.75, 3.05) is 14.2 Å². The van der Waals surface area contributed by atoms with Crippen LogP contribution in [0.4, 0.5) is 4.39 Å². The van der Waals surface area contributed by atoms with Gasteiger partial charge in [0, 0.05) is 0 Å². The molecular weight excluding hydrogens is 303 g/mol. The summed E-state index contributed by atoms with van der Waals surface area (Å²) in [7, 11) is 2.75. The van der Waals surface area contributed by atoms with Crippen LogP contribution in [0.2, 0.25) is 0 Å². The highest BCUT2D eigenvalue weighted by Gasteiger charge is 2.14.